The van der Waals surface area contributed by atoms with Crippen LogP contribution in [0.5, 0.6) is 5.75 Å². The molecule has 2 aromatic carbocycles. The SMILES string of the molecule is CN1CCN(c2cc(OC(F)(F)F)ccc2Nc2cc(F)c(S(=O)(=O)Nc3cscn3)cc2Cl)CC1. The molecule has 15 heteroatoms. The van der Waals surface area contributed by atoms with Crippen LogP contribution in [0.25, 0.3) is 0 Å². The molecule has 0 saturated carbocycles. The lowest BCUT2D eigenvalue weighted by atomic mass is 10.2. The van der Waals surface area contributed by atoms with Crippen molar-refractivity contribution in [2.45, 2.75) is 11.3 Å². The van der Waals surface area contributed by atoms with Gasteiger partial charge in [0.15, 0.2) is 5.82 Å². The number of alkyl halides is 3. The standard InChI is InChI=1S/C21H20ClF4N5O3S2/c1-30-4-6-31(7-5-30)18-8-13(34-21(24,25)26)2-3-16(18)28-17-10-15(23)19(9-14(17)22)36(32,33)29-20-11-35-12-27-20/h2-3,8-12,28-29H,4-7H2,1H3. The molecule has 2 heterocycles. The van der Waals surface area contributed by atoms with Crippen LogP contribution in [0, 0.1) is 5.82 Å². The van der Waals surface area contributed by atoms with E-state index in [2.05, 4.69) is 24.7 Å². The van der Waals surface area contributed by atoms with E-state index in [9.17, 15) is 26.0 Å². The van der Waals surface area contributed by atoms with Crippen molar-refractivity contribution in [3.05, 3.63) is 52.1 Å². The van der Waals surface area contributed by atoms with E-state index in [0.29, 0.717) is 37.6 Å². The van der Waals surface area contributed by atoms with E-state index in [1.807, 2.05) is 11.9 Å². The highest BCUT2D eigenvalue weighted by Crippen LogP contribution is 2.38. The van der Waals surface area contributed by atoms with Crippen LogP contribution in [0.4, 0.5) is 40.4 Å². The number of ether oxygens (including phenoxy) is 1. The van der Waals surface area contributed by atoms with Crippen LogP contribution >= 0.6 is 22.9 Å². The first kappa shape index (κ1) is 26.3. The molecule has 0 unspecified atom stereocenters. The summed E-state index contributed by atoms with van der Waals surface area (Å²) in [6.07, 6.45) is -4.87. The number of sulfonamides is 1. The highest BCUT2D eigenvalue weighted by molar-refractivity contribution is 7.92. The van der Waals surface area contributed by atoms with Crippen molar-refractivity contribution >= 4 is 55.8 Å². The van der Waals surface area contributed by atoms with Crippen LogP contribution in [-0.2, 0) is 10.0 Å². The summed E-state index contributed by atoms with van der Waals surface area (Å²) in [4.78, 5) is 7.07. The van der Waals surface area contributed by atoms with Crippen LogP contribution in [0.15, 0.2) is 46.1 Å². The van der Waals surface area contributed by atoms with E-state index in [0.717, 1.165) is 29.5 Å². The second-order valence-electron chi connectivity index (χ2n) is 7.88. The van der Waals surface area contributed by atoms with E-state index < -0.39 is 32.8 Å². The molecule has 1 aliphatic rings. The summed E-state index contributed by atoms with van der Waals surface area (Å²) in [6.45, 7) is 2.42. The Hall–Kier alpha value is -2.81. The third-order valence-corrected chi connectivity index (χ3v) is 7.57. The summed E-state index contributed by atoms with van der Waals surface area (Å²) >= 11 is 7.44. The number of nitrogens with one attached hydrogen (secondary N) is 2. The first-order chi connectivity index (χ1) is 16.9. The zero-order chi connectivity index (χ0) is 26.1. The van der Waals surface area contributed by atoms with Gasteiger partial charge in [-0.15, -0.1) is 24.5 Å². The molecular weight excluding hydrogens is 546 g/mol. The van der Waals surface area contributed by atoms with E-state index in [1.165, 1.54) is 23.0 Å². The molecular formula is C21H20ClF4N5O3S2. The molecule has 0 radical (unpaired) electrons. The van der Waals surface area contributed by atoms with Crippen molar-refractivity contribution in [1.82, 2.24) is 9.88 Å². The molecule has 0 bridgehead atoms. The number of likely N-dealkylation sites (N-methyl/N-ethyl adjacent to an activating group) is 1. The highest BCUT2D eigenvalue weighted by atomic mass is 35.5. The molecule has 36 heavy (non-hydrogen) atoms. The molecule has 194 valence electrons. The Labute approximate surface area is 213 Å². The number of anilines is 4. The predicted molar refractivity (Wildman–Crippen MR) is 130 cm³/mol. The van der Waals surface area contributed by atoms with Gasteiger partial charge in [0.25, 0.3) is 10.0 Å². The van der Waals surface area contributed by atoms with Gasteiger partial charge in [0, 0.05) is 43.7 Å². The number of halogens is 5. The Morgan fingerprint density at radius 1 is 1.11 bits per heavy atom. The van der Waals surface area contributed by atoms with Gasteiger partial charge in [-0.1, -0.05) is 11.6 Å². The van der Waals surface area contributed by atoms with Gasteiger partial charge >= 0.3 is 6.36 Å². The van der Waals surface area contributed by atoms with Crippen LogP contribution in [0.3, 0.4) is 0 Å². The number of rotatable bonds is 7. The number of piperazine rings is 1. The number of hydrogen-bond acceptors (Lipinski definition) is 8. The first-order valence-corrected chi connectivity index (χ1v) is 13.2. The van der Waals surface area contributed by atoms with Crippen LogP contribution in [0.2, 0.25) is 5.02 Å². The molecule has 1 saturated heterocycles. The molecule has 0 amide bonds. The lowest BCUT2D eigenvalue weighted by molar-refractivity contribution is -0.274. The van der Waals surface area contributed by atoms with Crippen LogP contribution < -0.4 is 19.7 Å². The molecule has 2 N–H and O–H groups in total. The predicted octanol–water partition coefficient (Wildman–Crippen LogP) is 5.13. The summed E-state index contributed by atoms with van der Waals surface area (Å²) < 4.78 is 84.7. The molecule has 0 spiro atoms. The van der Waals surface area contributed by atoms with Crippen molar-refractivity contribution in [1.29, 1.82) is 0 Å². The van der Waals surface area contributed by atoms with Crippen molar-refractivity contribution in [3.8, 4) is 5.75 Å². The minimum absolute atomic E-state index is 0.0293. The second kappa shape index (κ2) is 10.3. The minimum Gasteiger partial charge on any atom is -0.406 e. The van der Waals surface area contributed by atoms with Gasteiger partial charge in [-0.25, -0.2) is 17.8 Å². The maximum absolute atomic E-state index is 14.9. The van der Waals surface area contributed by atoms with E-state index in [1.54, 1.807) is 0 Å². The summed E-state index contributed by atoms with van der Waals surface area (Å²) in [5, 5.41) is 4.24. The minimum atomic E-state index is -4.87. The molecule has 1 aromatic heterocycles. The summed E-state index contributed by atoms with van der Waals surface area (Å²) in [7, 11) is -2.38. The molecule has 4 rings (SSSR count). The van der Waals surface area contributed by atoms with Crippen LogP contribution in [-0.4, -0.2) is 57.9 Å². The van der Waals surface area contributed by atoms with Crippen LogP contribution in [0.1, 0.15) is 0 Å². The molecule has 8 nitrogen and oxygen atoms in total. The molecule has 0 atom stereocenters. The zero-order valence-corrected chi connectivity index (χ0v) is 21.0. The average molecular weight is 566 g/mol. The fraction of sp³-hybridized carbons (Fsp3) is 0.286. The van der Waals surface area contributed by atoms with Gasteiger partial charge in [0.1, 0.15) is 16.5 Å². The fourth-order valence-corrected chi connectivity index (χ4v) is 5.47. The Morgan fingerprint density at radius 2 is 1.83 bits per heavy atom. The Morgan fingerprint density at radius 3 is 2.47 bits per heavy atom. The molecule has 0 aliphatic carbocycles. The van der Waals surface area contributed by atoms with Gasteiger partial charge in [-0.3, -0.25) is 4.72 Å². The maximum Gasteiger partial charge on any atom is 0.573 e. The topological polar surface area (TPSA) is 86.8 Å². The Balaban J connectivity index is 1.65. The monoisotopic (exact) mass is 565 g/mol. The summed E-state index contributed by atoms with van der Waals surface area (Å²) in [5.74, 6) is -1.45. The fourth-order valence-electron chi connectivity index (χ4n) is 3.55. The van der Waals surface area contributed by atoms with Crippen molar-refractivity contribution in [2.24, 2.45) is 0 Å². The van der Waals surface area contributed by atoms with E-state index >= 15 is 0 Å². The molecule has 1 fully saturated rings. The van der Waals surface area contributed by atoms with Gasteiger partial charge in [-0.2, -0.15) is 0 Å². The van der Waals surface area contributed by atoms with Gasteiger partial charge < -0.3 is 19.9 Å². The van der Waals surface area contributed by atoms with Gasteiger partial charge in [0.05, 0.1) is 27.6 Å². The highest BCUT2D eigenvalue weighted by Gasteiger charge is 2.32. The van der Waals surface area contributed by atoms with Crippen molar-refractivity contribution < 1.29 is 30.7 Å². The Bertz CT molecular complexity index is 1330. The van der Waals surface area contributed by atoms with Gasteiger partial charge in [-0.05, 0) is 25.2 Å². The van der Waals surface area contributed by atoms with Gasteiger partial charge in [0.2, 0.25) is 0 Å². The number of hydrogen-bond donors (Lipinski definition) is 2. The molecule has 3 aromatic rings. The zero-order valence-electron chi connectivity index (χ0n) is 18.6. The molecule has 1 aliphatic heterocycles. The van der Waals surface area contributed by atoms with Crippen molar-refractivity contribution in [2.75, 3.05) is 48.2 Å². The van der Waals surface area contributed by atoms with E-state index in [4.69, 9.17) is 11.6 Å². The number of thiazole rings is 1. The lowest BCUT2D eigenvalue weighted by Gasteiger charge is -2.35. The smallest absolute Gasteiger partial charge is 0.406 e. The number of benzene rings is 2. The third-order valence-electron chi connectivity index (χ3n) is 5.30. The summed E-state index contributed by atoms with van der Waals surface area (Å²) in [5.41, 5.74) is 2.17. The van der Waals surface area contributed by atoms with Crippen molar-refractivity contribution in [3.63, 3.8) is 0 Å². The first-order valence-electron chi connectivity index (χ1n) is 10.4. The summed E-state index contributed by atoms with van der Waals surface area (Å²) in [6, 6.07) is 5.58. The lowest BCUT2D eigenvalue weighted by Crippen LogP contribution is -2.44. The number of aromatic nitrogens is 1. The normalized spacial score (nSPS) is 15.1. The largest absolute Gasteiger partial charge is 0.573 e. The quantitative estimate of drug-likeness (QED) is 0.384. The van der Waals surface area contributed by atoms with E-state index in [-0.39, 0.29) is 16.5 Å². The third kappa shape index (κ3) is 6.30. The Kier molecular flexibility index (Phi) is 7.50. The second-order valence-corrected chi connectivity index (χ2v) is 10.7. The average Bonchev–Trinajstić information content (AvgIpc) is 3.29. The number of nitrogens with zero attached hydrogens (tertiary/aromatic N) is 3. The maximum atomic E-state index is 14.9.